The lowest BCUT2D eigenvalue weighted by Gasteiger charge is -2.40. The van der Waals surface area contributed by atoms with Crippen molar-refractivity contribution < 1.29 is 0 Å². The van der Waals surface area contributed by atoms with Crippen LogP contribution in [-0.4, -0.2) is 31.3 Å². The summed E-state index contributed by atoms with van der Waals surface area (Å²) in [5.41, 5.74) is 4.10. The Hall–Kier alpha value is -1.16. The zero-order valence-electron chi connectivity index (χ0n) is 17.7. The van der Waals surface area contributed by atoms with Crippen molar-refractivity contribution in [3.05, 3.63) is 59.7 Å². The third-order valence-corrected chi connectivity index (χ3v) is 10.7. The largest absolute Gasteiger partial charge is 0.332 e. The van der Waals surface area contributed by atoms with Crippen molar-refractivity contribution in [3.63, 3.8) is 0 Å². The van der Waals surface area contributed by atoms with Gasteiger partial charge in [0.15, 0.2) is 0 Å². The second kappa shape index (κ2) is 7.02. The molecule has 0 bridgehead atoms. The predicted octanol–water partition coefficient (Wildman–Crippen LogP) is 5.14. The van der Waals surface area contributed by atoms with Crippen LogP contribution < -0.4 is 4.98 Å². The Morgan fingerprint density at radius 1 is 1.00 bits per heavy atom. The summed E-state index contributed by atoms with van der Waals surface area (Å²) in [6, 6.07) is 9.73. The van der Waals surface area contributed by atoms with Crippen molar-refractivity contribution in [2.75, 3.05) is 6.54 Å². The molecule has 3 aliphatic rings. The molecule has 0 amide bonds. The number of rotatable bonds is 3. The van der Waals surface area contributed by atoms with Crippen LogP contribution in [0.15, 0.2) is 48.6 Å². The minimum atomic E-state index is -1.55. The molecular weight excluding hydrogens is 344 g/mol. The molecule has 3 heteroatoms. The van der Waals surface area contributed by atoms with E-state index in [1.165, 1.54) is 19.4 Å². The van der Waals surface area contributed by atoms with E-state index in [9.17, 15) is 0 Å². The quantitative estimate of drug-likeness (QED) is 0.731. The second-order valence-corrected chi connectivity index (χ2v) is 14.9. The van der Waals surface area contributed by atoms with Gasteiger partial charge in [0, 0.05) is 24.7 Å². The number of benzene rings is 1. The maximum Gasteiger partial charge on any atom is 0.123 e. The fourth-order valence-corrected chi connectivity index (χ4v) is 10.3. The summed E-state index contributed by atoms with van der Waals surface area (Å²) in [5, 5.41) is 0. The molecule has 146 valence electrons. The van der Waals surface area contributed by atoms with Crippen molar-refractivity contribution in [2.45, 2.75) is 70.4 Å². The van der Waals surface area contributed by atoms with Gasteiger partial charge in [-0.2, -0.15) is 0 Å². The Labute approximate surface area is 166 Å². The molecule has 0 spiro atoms. The summed E-state index contributed by atoms with van der Waals surface area (Å²) in [7, 11) is -1.55. The first-order valence-electron chi connectivity index (χ1n) is 10.7. The van der Waals surface area contributed by atoms with Gasteiger partial charge in [-0.15, -0.1) is 0 Å². The van der Waals surface area contributed by atoms with Gasteiger partial charge in [-0.3, -0.25) is 4.90 Å². The summed E-state index contributed by atoms with van der Waals surface area (Å²) in [5.74, 6) is 1.38. The number of hydrogen-bond acceptors (Lipinski definition) is 2. The fraction of sp³-hybridized carbons (Fsp3) is 0.583. The average Bonchev–Trinajstić information content (AvgIpc) is 3.00. The van der Waals surface area contributed by atoms with Crippen LogP contribution in [0.25, 0.3) is 0 Å². The molecule has 0 radical (unpaired) electrons. The fourth-order valence-electron chi connectivity index (χ4n) is 6.03. The van der Waals surface area contributed by atoms with Crippen LogP contribution in [0.1, 0.15) is 38.3 Å². The van der Waals surface area contributed by atoms with Crippen LogP contribution in [0, 0.1) is 11.8 Å². The van der Waals surface area contributed by atoms with Gasteiger partial charge in [-0.1, -0.05) is 61.7 Å². The first-order valence-corrected chi connectivity index (χ1v) is 13.8. The molecule has 1 aromatic rings. The summed E-state index contributed by atoms with van der Waals surface area (Å²) in [6.45, 7) is 14.4. The molecule has 1 fully saturated rings. The molecule has 1 heterocycles. The van der Waals surface area contributed by atoms with Crippen LogP contribution >= 0.6 is 0 Å². The molecule has 1 aliphatic heterocycles. The van der Waals surface area contributed by atoms with E-state index in [2.05, 4.69) is 92.3 Å². The Kier molecular flexibility index (Phi) is 4.98. The molecule has 2 aliphatic carbocycles. The zero-order valence-corrected chi connectivity index (χ0v) is 18.7. The van der Waals surface area contributed by atoms with Gasteiger partial charge < -0.3 is 4.98 Å². The molecule has 1 N–H and O–H groups in total. The molecule has 0 saturated heterocycles. The lowest BCUT2D eigenvalue weighted by molar-refractivity contribution is 0.154. The average molecular weight is 381 g/mol. The normalized spacial score (nSPS) is 31.0. The zero-order chi connectivity index (χ0) is 19.2. The second-order valence-electron chi connectivity index (χ2n) is 10.4. The molecule has 0 aromatic heterocycles. The maximum atomic E-state index is 4.07. The van der Waals surface area contributed by atoms with E-state index in [1.54, 1.807) is 11.1 Å². The summed E-state index contributed by atoms with van der Waals surface area (Å²) < 4.78 is 0. The van der Waals surface area contributed by atoms with E-state index in [1.807, 2.05) is 0 Å². The van der Waals surface area contributed by atoms with Gasteiger partial charge >= 0.3 is 0 Å². The Morgan fingerprint density at radius 3 is 2.37 bits per heavy atom. The number of fused-ring (bicyclic) bond motifs is 2. The van der Waals surface area contributed by atoms with Gasteiger partial charge in [0.05, 0.1) is 0 Å². The highest BCUT2D eigenvalue weighted by atomic mass is 28.3. The molecule has 1 aromatic carbocycles. The minimum absolute atomic E-state index is 0.196. The summed E-state index contributed by atoms with van der Waals surface area (Å²) >= 11 is 0. The van der Waals surface area contributed by atoms with Crippen LogP contribution in [0.5, 0.6) is 0 Å². The third-order valence-electron chi connectivity index (χ3n) is 6.88. The van der Waals surface area contributed by atoms with Crippen molar-refractivity contribution in [3.8, 4) is 0 Å². The summed E-state index contributed by atoms with van der Waals surface area (Å²) in [4.78, 5) is 6.87. The monoisotopic (exact) mass is 380 g/mol. The van der Waals surface area contributed by atoms with Crippen molar-refractivity contribution in [1.82, 2.24) is 9.88 Å². The van der Waals surface area contributed by atoms with E-state index in [0.29, 0.717) is 17.9 Å². The summed E-state index contributed by atoms with van der Waals surface area (Å²) in [6.07, 6.45) is 12.2. The van der Waals surface area contributed by atoms with Gasteiger partial charge in [-0.25, -0.2) is 0 Å². The molecule has 4 unspecified atom stereocenters. The third kappa shape index (κ3) is 3.87. The smallest absolute Gasteiger partial charge is 0.123 e. The molecule has 4 atom stereocenters. The van der Waals surface area contributed by atoms with Crippen molar-refractivity contribution in [1.29, 1.82) is 0 Å². The first kappa shape index (κ1) is 19.2. The maximum absolute atomic E-state index is 4.07. The first-order chi connectivity index (χ1) is 12.7. The van der Waals surface area contributed by atoms with E-state index in [0.717, 1.165) is 12.1 Å². The molecule has 4 rings (SSSR count). The molecule has 2 nitrogen and oxygen atoms in total. The van der Waals surface area contributed by atoms with Crippen LogP contribution in [0.3, 0.4) is 0 Å². The number of allylic oxidation sites excluding steroid dienone is 3. The number of hydrogen-bond donors (Lipinski definition) is 1. The van der Waals surface area contributed by atoms with Crippen LogP contribution in [0.4, 0.5) is 0 Å². The van der Waals surface area contributed by atoms with E-state index in [-0.39, 0.29) is 5.54 Å². The Balaban J connectivity index is 1.58. The molecule has 27 heavy (non-hydrogen) atoms. The van der Waals surface area contributed by atoms with E-state index >= 15 is 0 Å². The van der Waals surface area contributed by atoms with Gasteiger partial charge in [0.1, 0.15) is 8.24 Å². The van der Waals surface area contributed by atoms with Crippen LogP contribution in [-0.2, 0) is 13.0 Å². The SMILES string of the molecule is CC(C)(C)N[Si](C)(C)C1CC(N2CCc3ccccc3C2)C2C=CC=CC21. The number of nitrogens with one attached hydrogen (secondary N) is 1. The molecule has 1 saturated carbocycles. The number of nitrogens with zero attached hydrogens (tertiary/aromatic N) is 1. The minimum Gasteiger partial charge on any atom is -0.332 e. The van der Waals surface area contributed by atoms with Gasteiger partial charge in [0.25, 0.3) is 0 Å². The molecular formula is C24H36N2Si. The van der Waals surface area contributed by atoms with E-state index in [4.69, 9.17) is 0 Å². The standard InChI is InChI=1S/C24H36N2Si/c1-24(2,3)25-27(4,5)23-16-22(20-12-8-9-13-21(20)23)26-15-14-18-10-6-7-11-19(18)17-26/h6-13,20-23,25H,14-17H2,1-5H3. The lowest BCUT2D eigenvalue weighted by atomic mass is 9.88. The highest BCUT2D eigenvalue weighted by Crippen LogP contribution is 2.51. The topological polar surface area (TPSA) is 15.3 Å². The van der Waals surface area contributed by atoms with Crippen molar-refractivity contribution in [2.24, 2.45) is 11.8 Å². The Bertz CT molecular complexity index is 743. The van der Waals surface area contributed by atoms with Gasteiger partial charge in [0.2, 0.25) is 0 Å². The highest BCUT2D eigenvalue weighted by Gasteiger charge is 2.51. The highest BCUT2D eigenvalue weighted by molar-refractivity contribution is 6.76. The predicted molar refractivity (Wildman–Crippen MR) is 118 cm³/mol. The Morgan fingerprint density at radius 2 is 1.67 bits per heavy atom. The van der Waals surface area contributed by atoms with Gasteiger partial charge in [-0.05, 0) is 62.1 Å². The van der Waals surface area contributed by atoms with Crippen LogP contribution in [0.2, 0.25) is 18.6 Å². The van der Waals surface area contributed by atoms with Crippen molar-refractivity contribution >= 4 is 8.24 Å². The lowest BCUT2D eigenvalue weighted by Crippen LogP contribution is -2.57. The van der Waals surface area contributed by atoms with E-state index < -0.39 is 8.24 Å².